The third-order valence-electron chi connectivity index (χ3n) is 2.15. The molecule has 0 aromatic carbocycles. The first-order valence-corrected chi connectivity index (χ1v) is 5.10. The van der Waals surface area contributed by atoms with Crippen molar-refractivity contribution in [1.82, 2.24) is 0 Å². The van der Waals surface area contributed by atoms with E-state index in [1.165, 1.54) is 0 Å². The molecule has 1 N–H and O–H groups in total. The van der Waals surface area contributed by atoms with E-state index in [9.17, 15) is 5.11 Å². The predicted molar refractivity (Wildman–Crippen MR) is 54.1 cm³/mol. The fourth-order valence-electron chi connectivity index (χ4n) is 1.36. The van der Waals surface area contributed by atoms with Gasteiger partial charge in [0.1, 0.15) is 0 Å². The fraction of sp³-hybridized carbons (Fsp3) is 0.818. The summed E-state index contributed by atoms with van der Waals surface area (Å²) in [6.45, 7) is 6.32. The van der Waals surface area contributed by atoms with Crippen molar-refractivity contribution < 1.29 is 5.11 Å². The maximum atomic E-state index is 9.62. The van der Waals surface area contributed by atoms with Gasteiger partial charge in [-0.05, 0) is 19.3 Å². The van der Waals surface area contributed by atoms with Crippen molar-refractivity contribution in [3.05, 3.63) is 12.2 Å². The van der Waals surface area contributed by atoms with Gasteiger partial charge in [0.15, 0.2) is 0 Å². The second-order valence-corrected chi connectivity index (χ2v) is 3.26. The highest BCUT2D eigenvalue weighted by molar-refractivity contribution is 4.90. The normalized spacial score (nSPS) is 16.7. The molecule has 12 heavy (non-hydrogen) atoms. The van der Waals surface area contributed by atoms with E-state index in [-0.39, 0.29) is 6.10 Å². The van der Waals surface area contributed by atoms with Gasteiger partial charge in [-0.1, -0.05) is 39.3 Å². The second kappa shape index (κ2) is 7.35. The number of allylic oxidation sites excluding steroid dienone is 1. The Morgan fingerprint density at radius 3 is 2.33 bits per heavy atom. The Kier molecular flexibility index (Phi) is 7.17. The summed E-state index contributed by atoms with van der Waals surface area (Å²) in [6, 6.07) is 0. The first-order chi connectivity index (χ1) is 5.76. The molecule has 0 bridgehead atoms. The molecule has 0 spiro atoms. The van der Waals surface area contributed by atoms with Crippen molar-refractivity contribution in [3.8, 4) is 0 Å². The van der Waals surface area contributed by atoms with Gasteiger partial charge < -0.3 is 5.11 Å². The quantitative estimate of drug-likeness (QED) is 0.607. The van der Waals surface area contributed by atoms with Crippen LogP contribution in [0.25, 0.3) is 0 Å². The van der Waals surface area contributed by atoms with Gasteiger partial charge in [0.05, 0.1) is 6.10 Å². The van der Waals surface area contributed by atoms with E-state index in [1.807, 2.05) is 6.92 Å². The van der Waals surface area contributed by atoms with E-state index in [0.29, 0.717) is 5.92 Å². The van der Waals surface area contributed by atoms with Crippen LogP contribution in [0.4, 0.5) is 0 Å². The van der Waals surface area contributed by atoms with Crippen LogP contribution in [0, 0.1) is 5.92 Å². The Morgan fingerprint density at radius 1 is 1.25 bits per heavy atom. The molecule has 0 radical (unpaired) electrons. The molecular weight excluding hydrogens is 148 g/mol. The van der Waals surface area contributed by atoms with Gasteiger partial charge in [0, 0.05) is 5.92 Å². The monoisotopic (exact) mass is 170 g/mol. The number of hydrogen-bond donors (Lipinski definition) is 1. The van der Waals surface area contributed by atoms with Gasteiger partial charge in [-0.2, -0.15) is 0 Å². The van der Waals surface area contributed by atoms with Crippen molar-refractivity contribution in [2.24, 2.45) is 5.92 Å². The second-order valence-electron chi connectivity index (χ2n) is 3.26. The molecule has 0 fully saturated rings. The lowest BCUT2D eigenvalue weighted by Crippen LogP contribution is -2.17. The molecule has 0 aliphatic heterocycles. The molecule has 0 amide bonds. The van der Waals surface area contributed by atoms with Crippen molar-refractivity contribution in [1.29, 1.82) is 0 Å². The fourth-order valence-corrected chi connectivity index (χ4v) is 1.36. The van der Waals surface area contributed by atoms with Gasteiger partial charge in [-0.3, -0.25) is 0 Å². The van der Waals surface area contributed by atoms with Crippen LogP contribution in [-0.4, -0.2) is 11.2 Å². The summed E-state index contributed by atoms with van der Waals surface area (Å²) in [5, 5.41) is 9.62. The first kappa shape index (κ1) is 11.7. The van der Waals surface area contributed by atoms with Crippen molar-refractivity contribution in [2.45, 2.75) is 52.6 Å². The highest BCUT2D eigenvalue weighted by atomic mass is 16.3. The highest BCUT2D eigenvalue weighted by Crippen LogP contribution is 2.15. The topological polar surface area (TPSA) is 20.2 Å². The van der Waals surface area contributed by atoms with E-state index in [1.54, 1.807) is 0 Å². The maximum absolute atomic E-state index is 9.62. The molecule has 0 heterocycles. The Morgan fingerprint density at radius 2 is 1.92 bits per heavy atom. The van der Waals surface area contributed by atoms with Crippen LogP contribution in [0.5, 0.6) is 0 Å². The predicted octanol–water partition coefficient (Wildman–Crippen LogP) is 3.14. The van der Waals surface area contributed by atoms with Crippen LogP contribution >= 0.6 is 0 Å². The minimum atomic E-state index is -0.146. The highest BCUT2D eigenvalue weighted by Gasteiger charge is 2.12. The number of hydrogen-bond acceptors (Lipinski definition) is 1. The molecule has 0 aromatic rings. The Bertz CT molecular complexity index is 118. The Labute approximate surface area is 76.5 Å². The van der Waals surface area contributed by atoms with Crippen molar-refractivity contribution >= 4 is 0 Å². The molecule has 0 aromatic heterocycles. The SMILES string of the molecule is CCC=CC(CCC)C(O)CC. The molecule has 0 saturated carbocycles. The Hall–Kier alpha value is -0.300. The average molecular weight is 170 g/mol. The molecule has 2 unspecified atom stereocenters. The number of aliphatic hydroxyl groups is 1. The Balaban J connectivity index is 3.93. The van der Waals surface area contributed by atoms with Gasteiger partial charge in [0.25, 0.3) is 0 Å². The molecule has 0 rings (SSSR count). The minimum absolute atomic E-state index is 0.146. The van der Waals surface area contributed by atoms with E-state index < -0.39 is 0 Å². The van der Waals surface area contributed by atoms with E-state index in [0.717, 1.165) is 25.7 Å². The van der Waals surface area contributed by atoms with E-state index >= 15 is 0 Å². The standard InChI is InChI=1S/C11H22O/c1-4-7-9-10(8-5-2)11(12)6-3/h7,9-12H,4-6,8H2,1-3H3. The van der Waals surface area contributed by atoms with Gasteiger partial charge in [0.2, 0.25) is 0 Å². The summed E-state index contributed by atoms with van der Waals surface area (Å²) in [5.41, 5.74) is 0. The minimum Gasteiger partial charge on any atom is -0.393 e. The summed E-state index contributed by atoms with van der Waals surface area (Å²) in [6.07, 6.45) is 8.35. The molecular formula is C11H22O. The van der Waals surface area contributed by atoms with Gasteiger partial charge in [-0.15, -0.1) is 0 Å². The summed E-state index contributed by atoms with van der Waals surface area (Å²) in [7, 11) is 0. The molecule has 2 atom stereocenters. The zero-order valence-electron chi connectivity index (χ0n) is 8.59. The third kappa shape index (κ3) is 4.55. The molecule has 0 aliphatic carbocycles. The zero-order valence-corrected chi connectivity index (χ0v) is 8.59. The summed E-state index contributed by atoms with van der Waals surface area (Å²) in [4.78, 5) is 0. The molecule has 1 nitrogen and oxygen atoms in total. The van der Waals surface area contributed by atoms with Crippen molar-refractivity contribution in [2.75, 3.05) is 0 Å². The van der Waals surface area contributed by atoms with Crippen LogP contribution in [-0.2, 0) is 0 Å². The molecule has 1 heteroatoms. The van der Waals surface area contributed by atoms with Crippen LogP contribution < -0.4 is 0 Å². The first-order valence-electron chi connectivity index (χ1n) is 5.10. The summed E-state index contributed by atoms with van der Waals surface area (Å²) in [5.74, 6) is 0.375. The van der Waals surface area contributed by atoms with Crippen molar-refractivity contribution in [3.63, 3.8) is 0 Å². The lowest BCUT2D eigenvalue weighted by molar-refractivity contribution is 0.121. The summed E-state index contributed by atoms with van der Waals surface area (Å²) < 4.78 is 0. The van der Waals surface area contributed by atoms with Gasteiger partial charge in [-0.25, -0.2) is 0 Å². The third-order valence-corrected chi connectivity index (χ3v) is 2.15. The van der Waals surface area contributed by atoms with E-state index in [2.05, 4.69) is 26.0 Å². The number of aliphatic hydroxyl groups excluding tert-OH is 1. The number of rotatable bonds is 6. The summed E-state index contributed by atoms with van der Waals surface area (Å²) >= 11 is 0. The van der Waals surface area contributed by atoms with Gasteiger partial charge >= 0.3 is 0 Å². The lowest BCUT2D eigenvalue weighted by atomic mass is 9.95. The zero-order chi connectivity index (χ0) is 9.40. The largest absolute Gasteiger partial charge is 0.393 e. The molecule has 0 saturated heterocycles. The molecule has 0 aliphatic rings. The van der Waals surface area contributed by atoms with Crippen LogP contribution in [0.3, 0.4) is 0 Å². The smallest absolute Gasteiger partial charge is 0.0600 e. The maximum Gasteiger partial charge on any atom is 0.0600 e. The van der Waals surface area contributed by atoms with E-state index in [4.69, 9.17) is 0 Å². The van der Waals surface area contributed by atoms with Crippen LogP contribution in [0.2, 0.25) is 0 Å². The van der Waals surface area contributed by atoms with Crippen LogP contribution in [0.15, 0.2) is 12.2 Å². The van der Waals surface area contributed by atoms with Crippen LogP contribution in [0.1, 0.15) is 46.5 Å². The molecule has 72 valence electrons. The lowest BCUT2D eigenvalue weighted by Gasteiger charge is -2.17. The average Bonchev–Trinajstić information content (AvgIpc) is 2.11.